The van der Waals surface area contributed by atoms with E-state index in [0.717, 1.165) is 43.3 Å². The van der Waals surface area contributed by atoms with Crippen molar-refractivity contribution < 1.29 is 19.1 Å². The van der Waals surface area contributed by atoms with Crippen LogP contribution in [0.3, 0.4) is 0 Å². The Hall–Kier alpha value is -4.07. The summed E-state index contributed by atoms with van der Waals surface area (Å²) in [7, 11) is 2.12. The van der Waals surface area contributed by atoms with Crippen LogP contribution in [0.25, 0.3) is 0 Å². The molecule has 1 fully saturated rings. The summed E-state index contributed by atoms with van der Waals surface area (Å²) < 4.78 is 5.33. The third-order valence-electron chi connectivity index (χ3n) is 6.91. The van der Waals surface area contributed by atoms with Crippen LogP contribution in [0, 0.1) is 0 Å². The predicted molar refractivity (Wildman–Crippen MR) is 172 cm³/mol. The van der Waals surface area contributed by atoms with Gasteiger partial charge >= 0.3 is 12.1 Å². The van der Waals surface area contributed by atoms with Gasteiger partial charge in [-0.2, -0.15) is 0 Å². The fourth-order valence-electron chi connectivity index (χ4n) is 4.52. The number of pyridine rings is 1. The maximum absolute atomic E-state index is 13.2. The number of nitrogens with zero attached hydrogens (tertiary/aromatic N) is 5. The van der Waals surface area contributed by atoms with Gasteiger partial charge in [0, 0.05) is 76.6 Å². The fraction of sp³-hybridized carbons (Fsp3) is 0.452. The van der Waals surface area contributed by atoms with Crippen molar-refractivity contribution in [3.05, 3.63) is 70.4 Å². The van der Waals surface area contributed by atoms with Gasteiger partial charge in [-0.15, -0.1) is 11.3 Å². The number of urea groups is 1. The number of carbonyl (C=O) groups is 3. The van der Waals surface area contributed by atoms with Gasteiger partial charge in [0.2, 0.25) is 0 Å². The van der Waals surface area contributed by atoms with Crippen molar-refractivity contribution in [1.82, 2.24) is 30.0 Å². The van der Waals surface area contributed by atoms with Crippen molar-refractivity contribution in [2.75, 3.05) is 63.5 Å². The molecule has 1 aliphatic heterocycles. The third kappa shape index (κ3) is 10.6. The molecule has 0 saturated carbocycles. The molecule has 236 valence electrons. The lowest BCUT2D eigenvalue weighted by atomic mass is 10.2. The Balaban J connectivity index is 1.37. The first kappa shape index (κ1) is 32.8. The lowest BCUT2D eigenvalue weighted by Crippen LogP contribution is -2.49. The smallest absolute Gasteiger partial charge is 0.412 e. The van der Waals surface area contributed by atoms with Gasteiger partial charge in [0.15, 0.2) is 0 Å². The molecule has 0 atom stereocenters. The van der Waals surface area contributed by atoms with Gasteiger partial charge in [-0.3, -0.25) is 20.0 Å². The molecule has 0 spiro atoms. The highest BCUT2D eigenvalue weighted by Gasteiger charge is 2.20. The molecule has 1 aromatic carbocycles. The topological polar surface area (TPSA) is 132 Å². The fourth-order valence-corrected chi connectivity index (χ4v) is 5.14. The van der Waals surface area contributed by atoms with Crippen molar-refractivity contribution in [3.63, 3.8) is 0 Å². The van der Waals surface area contributed by atoms with Crippen LogP contribution >= 0.6 is 11.3 Å². The minimum Gasteiger partial charge on any atom is -0.444 e. The number of hydrogen-bond acceptors (Lipinski definition) is 9. The van der Waals surface area contributed by atoms with Crippen LogP contribution < -0.4 is 16.0 Å². The molecule has 0 radical (unpaired) electrons. The molecule has 4 amide bonds. The standard InChI is InChI=1S/C31H42N8O4S/c1-31(2,3)43-30(42)36-25-8-6-5-7-24(25)35-28(40)26-10-9-23(21-34-26)22-39(19-18-38-16-14-37(4)15-17-38)29(41)33-12-11-27-32-13-20-44-27/h5-10,13,20-21H,11-12,14-19,22H2,1-4H3,(H,33,41)(H,35,40)(H,36,42). The van der Waals surface area contributed by atoms with Crippen molar-refractivity contribution >= 4 is 40.7 Å². The lowest BCUT2D eigenvalue weighted by Gasteiger charge is -2.34. The number of thiazole rings is 1. The SMILES string of the molecule is CN1CCN(CCN(Cc2ccc(C(=O)Nc3ccccc3NC(=O)OC(C)(C)C)nc2)C(=O)NCCc2nccs2)CC1. The Morgan fingerprint density at radius 3 is 2.36 bits per heavy atom. The highest BCUT2D eigenvalue weighted by molar-refractivity contribution is 7.09. The molecule has 44 heavy (non-hydrogen) atoms. The van der Waals surface area contributed by atoms with Crippen LogP contribution in [0.1, 0.15) is 41.8 Å². The summed E-state index contributed by atoms with van der Waals surface area (Å²) in [5.41, 5.74) is 1.18. The zero-order valence-corrected chi connectivity index (χ0v) is 26.7. The number of hydrogen-bond donors (Lipinski definition) is 3. The summed E-state index contributed by atoms with van der Waals surface area (Å²) in [6.07, 6.45) is 3.44. The van der Waals surface area contributed by atoms with E-state index in [1.165, 1.54) is 0 Å². The van der Waals surface area contributed by atoms with Gasteiger partial charge < -0.3 is 25.2 Å². The normalized spacial score (nSPS) is 14.1. The quantitative estimate of drug-likeness (QED) is 0.291. The maximum Gasteiger partial charge on any atom is 0.412 e. The van der Waals surface area contributed by atoms with Crippen LogP contribution in [-0.4, -0.2) is 101 Å². The second-order valence-electron chi connectivity index (χ2n) is 11.7. The monoisotopic (exact) mass is 622 g/mol. The summed E-state index contributed by atoms with van der Waals surface area (Å²) in [5.74, 6) is -0.429. The zero-order chi connectivity index (χ0) is 31.5. The van der Waals surface area contributed by atoms with E-state index in [2.05, 4.69) is 42.8 Å². The Labute approximate surface area is 262 Å². The van der Waals surface area contributed by atoms with Gasteiger partial charge in [0.1, 0.15) is 11.3 Å². The number of carbonyl (C=O) groups excluding carboxylic acids is 3. The molecule has 12 nitrogen and oxygen atoms in total. The number of rotatable bonds is 11. The number of amides is 4. The van der Waals surface area contributed by atoms with E-state index in [1.54, 1.807) is 85.8 Å². The predicted octanol–water partition coefficient (Wildman–Crippen LogP) is 4.14. The Bertz CT molecular complexity index is 1370. The number of likely N-dealkylation sites (N-methyl/N-ethyl adjacent to an activating group) is 1. The van der Waals surface area contributed by atoms with Gasteiger partial charge in [0.25, 0.3) is 5.91 Å². The Morgan fingerprint density at radius 1 is 1.00 bits per heavy atom. The maximum atomic E-state index is 13.2. The number of aromatic nitrogens is 2. The summed E-state index contributed by atoms with van der Waals surface area (Å²) in [5, 5.41) is 11.4. The molecule has 3 aromatic rings. The summed E-state index contributed by atoms with van der Waals surface area (Å²) >= 11 is 1.57. The average Bonchev–Trinajstić information content (AvgIpc) is 3.50. The molecular weight excluding hydrogens is 580 g/mol. The zero-order valence-electron chi connectivity index (χ0n) is 25.8. The van der Waals surface area contributed by atoms with Crippen LogP contribution in [0.5, 0.6) is 0 Å². The molecule has 0 bridgehead atoms. The molecule has 1 saturated heterocycles. The van der Waals surface area contributed by atoms with Crippen molar-refractivity contribution in [2.24, 2.45) is 0 Å². The largest absolute Gasteiger partial charge is 0.444 e. The number of nitrogens with one attached hydrogen (secondary N) is 3. The van der Waals surface area contributed by atoms with Crippen LogP contribution in [-0.2, 0) is 17.7 Å². The van der Waals surface area contributed by atoms with Gasteiger partial charge in [-0.25, -0.2) is 14.6 Å². The second-order valence-corrected chi connectivity index (χ2v) is 12.6. The van der Waals surface area contributed by atoms with E-state index in [4.69, 9.17) is 4.74 Å². The molecular formula is C31H42N8O4S. The molecule has 1 aliphatic rings. The Kier molecular flexibility index (Phi) is 11.6. The van der Waals surface area contributed by atoms with Crippen molar-refractivity contribution in [2.45, 2.75) is 39.3 Å². The molecule has 0 aliphatic carbocycles. The molecule has 2 aromatic heterocycles. The first-order valence-corrected chi connectivity index (χ1v) is 15.6. The number of para-hydroxylation sites is 2. The average molecular weight is 623 g/mol. The molecule has 13 heteroatoms. The van der Waals surface area contributed by atoms with Gasteiger partial charge in [-0.05, 0) is 51.6 Å². The lowest BCUT2D eigenvalue weighted by molar-refractivity contribution is 0.0635. The molecule has 3 heterocycles. The second kappa shape index (κ2) is 15.6. The van der Waals surface area contributed by atoms with Crippen LogP contribution in [0.2, 0.25) is 0 Å². The molecule has 0 unspecified atom stereocenters. The van der Waals surface area contributed by atoms with Crippen LogP contribution in [0.15, 0.2) is 54.2 Å². The summed E-state index contributed by atoms with van der Waals surface area (Å²) in [6.45, 7) is 11.5. The van der Waals surface area contributed by atoms with E-state index < -0.39 is 17.6 Å². The van der Waals surface area contributed by atoms with E-state index in [9.17, 15) is 14.4 Å². The van der Waals surface area contributed by atoms with E-state index in [1.807, 2.05) is 5.38 Å². The number of piperazine rings is 1. The van der Waals surface area contributed by atoms with Gasteiger partial charge in [-0.1, -0.05) is 18.2 Å². The number of anilines is 2. The number of benzene rings is 1. The molecule has 4 rings (SSSR count). The molecule has 3 N–H and O–H groups in total. The number of ether oxygens (including phenoxy) is 1. The first-order chi connectivity index (χ1) is 21.1. The summed E-state index contributed by atoms with van der Waals surface area (Å²) in [6, 6.07) is 10.2. The van der Waals surface area contributed by atoms with Crippen LogP contribution in [0.4, 0.5) is 21.0 Å². The van der Waals surface area contributed by atoms with E-state index >= 15 is 0 Å². The first-order valence-electron chi connectivity index (χ1n) is 14.7. The van der Waals surface area contributed by atoms with E-state index in [-0.39, 0.29) is 11.7 Å². The van der Waals surface area contributed by atoms with Gasteiger partial charge in [0.05, 0.1) is 16.4 Å². The van der Waals surface area contributed by atoms with Crippen molar-refractivity contribution in [3.8, 4) is 0 Å². The Morgan fingerprint density at radius 2 is 1.73 bits per heavy atom. The third-order valence-corrected chi connectivity index (χ3v) is 7.75. The highest BCUT2D eigenvalue weighted by Crippen LogP contribution is 2.23. The highest BCUT2D eigenvalue weighted by atomic mass is 32.1. The van der Waals surface area contributed by atoms with Crippen molar-refractivity contribution in [1.29, 1.82) is 0 Å². The summed E-state index contributed by atoms with van der Waals surface area (Å²) in [4.78, 5) is 53.6. The minimum atomic E-state index is -0.656. The van der Waals surface area contributed by atoms with E-state index in [0.29, 0.717) is 37.4 Å². The minimum absolute atomic E-state index is 0.147.